The van der Waals surface area contributed by atoms with Crippen LogP contribution in [-0.2, 0) is 6.54 Å². The summed E-state index contributed by atoms with van der Waals surface area (Å²) < 4.78 is 5.19. The number of carbonyl (C=O) groups is 1. The van der Waals surface area contributed by atoms with Gasteiger partial charge in [0.25, 0.3) is 5.91 Å². The number of thiazole rings is 1. The standard InChI is InChI=1S/C17H23N3O2S.ClH/c1-3-4-5-14(12-6-8-13(22-2)9-7-12)20-17(21)15-11-23-16(10-18)19-15;/h6-9,11,14H,3-5,10,18H2,1-2H3,(H,20,21);1H. The van der Waals surface area contributed by atoms with E-state index in [0.29, 0.717) is 12.2 Å². The van der Waals surface area contributed by atoms with E-state index in [2.05, 4.69) is 17.2 Å². The first-order valence-corrected chi connectivity index (χ1v) is 8.65. The van der Waals surface area contributed by atoms with E-state index in [0.717, 1.165) is 35.6 Å². The first kappa shape index (κ1) is 20.4. The van der Waals surface area contributed by atoms with Crippen molar-refractivity contribution >= 4 is 29.7 Å². The largest absolute Gasteiger partial charge is 0.497 e. The summed E-state index contributed by atoms with van der Waals surface area (Å²) in [5.74, 6) is 0.652. The summed E-state index contributed by atoms with van der Waals surface area (Å²) in [6.07, 6.45) is 3.01. The molecule has 2 rings (SSSR count). The van der Waals surface area contributed by atoms with Gasteiger partial charge >= 0.3 is 0 Å². The fourth-order valence-electron chi connectivity index (χ4n) is 2.31. The van der Waals surface area contributed by atoms with Crippen molar-refractivity contribution in [3.05, 3.63) is 45.9 Å². The lowest BCUT2D eigenvalue weighted by Gasteiger charge is -2.19. The molecule has 5 nitrogen and oxygen atoms in total. The van der Waals surface area contributed by atoms with Crippen LogP contribution in [0.15, 0.2) is 29.6 Å². The van der Waals surface area contributed by atoms with Gasteiger partial charge in [0.15, 0.2) is 0 Å². The van der Waals surface area contributed by atoms with Gasteiger partial charge in [0.1, 0.15) is 16.5 Å². The average molecular weight is 370 g/mol. The number of nitrogens with one attached hydrogen (secondary N) is 1. The predicted molar refractivity (Wildman–Crippen MR) is 100.0 cm³/mol. The third-order valence-corrected chi connectivity index (χ3v) is 4.50. The number of hydrogen-bond donors (Lipinski definition) is 2. The van der Waals surface area contributed by atoms with Crippen LogP contribution < -0.4 is 15.8 Å². The van der Waals surface area contributed by atoms with E-state index in [1.807, 2.05) is 24.3 Å². The topological polar surface area (TPSA) is 77.2 Å². The second-order valence-corrected chi connectivity index (χ2v) is 6.21. The molecule has 0 aliphatic carbocycles. The van der Waals surface area contributed by atoms with Gasteiger partial charge in [-0.25, -0.2) is 4.98 Å². The number of hydrogen-bond acceptors (Lipinski definition) is 5. The lowest BCUT2D eigenvalue weighted by atomic mass is 10.0. The summed E-state index contributed by atoms with van der Waals surface area (Å²) in [7, 11) is 1.64. The Kier molecular flexibility index (Phi) is 8.74. The van der Waals surface area contributed by atoms with Crippen molar-refractivity contribution < 1.29 is 9.53 Å². The maximum atomic E-state index is 12.4. The predicted octanol–water partition coefficient (Wildman–Crippen LogP) is 3.69. The molecule has 0 aliphatic rings. The molecule has 0 saturated carbocycles. The van der Waals surface area contributed by atoms with Crippen LogP contribution in [0.4, 0.5) is 0 Å². The second-order valence-electron chi connectivity index (χ2n) is 5.27. The fourth-order valence-corrected chi connectivity index (χ4v) is 2.96. The number of ether oxygens (including phenoxy) is 1. The molecular formula is C17H24ClN3O2S. The Labute approximate surface area is 153 Å². The van der Waals surface area contributed by atoms with Gasteiger partial charge in [-0.2, -0.15) is 0 Å². The molecule has 1 aromatic heterocycles. The Balaban J connectivity index is 0.00000288. The number of nitrogens with two attached hydrogens (primary N) is 1. The molecule has 0 fully saturated rings. The molecule has 132 valence electrons. The number of amides is 1. The first-order chi connectivity index (χ1) is 11.2. The molecule has 1 heterocycles. The van der Waals surface area contributed by atoms with Gasteiger partial charge < -0.3 is 15.8 Å². The monoisotopic (exact) mass is 369 g/mol. The van der Waals surface area contributed by atoms with Gasteiger partial charge in [-0.15, -0.1) is 23.7 Å². The SMILES string of the molecule is CCCCC(NC(=O)c1csc(CN)n1)c1ccc(OC)cc1.Cl. The zero-order valence-corrected chi connectivity index (χ0v) is 15.6. The molecular weight excluding hydrogens is 346 g/mol. The van der Waals surface area contributed by atoms with E-state index >= 15 is 0 Å². The van der Waals surface area contributed by atoms with Gasteiger partial charge in [-0.1, -0.05) is 31.9 Å². The molecule has 0 radical (unpaired) electrons. The molecule has 0 bridgehead atoms. The van der Waals surface area contributed by atoms with Crippen molar-refractivity contribution in [2.24, 2.45) is 5.73 Å². The minimum absolute atomic E-state index is 0. The van der Waals surface area contributed by atoms with Crippen LogP contribution in [0.1, 0.15) is 53.3 Å². The quantitative estimate of drug-likeness (QED) is 0.743. The van der Waals surface area contributed by atoms with Crippen molar-refractivity contribution in [1.82, 2.24) is 10.3 Å². The first-order valence-electron chi connectivity index (χ1n) is 7.77. The van der Waals surface area contributed by atoms with E-state index in [4.69, 9.17) is 10.5 Å². The van der Waals surface area contributed by atoms with Crippen molar-refractivity contribution in [2.45, 2.75) is 38.8 Å². The Morgan fingerprint density at radius 1 is 1.38 bits per heavy atom. The van der Waals surface area contributed by atoms with E-state index < -0.39 is 0 Å². The molecule has 24 heavy (non-hydrogen) atoms. The highest BCUT2D eigenvalue weighted by Gasteiger charge is 2.17. The maximum absolute atomic E-state index is 12.4. The highest BCUT2D eigenvalue weighted by atomic mass is 35.5. The summed E-state index contributed by atoms with van der Waals surface area (Å²) in [6, 6.07) is 7.78. The number of rotatable bonds is 8. The lowest BCUT2D eigenvalue weighted by molar-refractivity contribution is 0.0929. The van der Waals surface area contributed by atoms with Crippen LogP contribution in [0.25, 0.3) is 0 Å². The Morgan fingerprint density at radius 3 is 2.62 bits per heavy atom. The van der Waals surface area contributed by atoms with Crippen LogP contribution in [0, 0.1) is 0 Å². The van der Waals surface area contributed by atoms with Gasteiger partial charge in [0, 0.05) is 11.9 Å². The molecule has 7 heteroatoms. The van der Waals surface area contributed by atoms with Crippen LogP contribution in [0.5, 0.6) is 5.75 Å². The van der Waals surface area contributed by atoms with Gasteiger partial charge in [-0.3, -0.25) is 4.79 Å². The molecule has 1 atom stereocenters. The smallest absolute Gasteiger partial charge is 0.271 e. The van der Waals surface area contributed by atoms with E-state index in [1.54, 1.807) is 12.5 Å². The van der Waals surface area contributed by atoms with E-state index in [-0.39, 0.29) is 24.4 Å². The van der Waals surface area contributed by atoms with Crippen molar-refractivity contribution in [1.29, 1.82) is 0 Å². The van der Waals surface area contributed by atoms with Crippen LogP contribution in [-0.4, -0.2) is 18.0 Å². The van der Waals surface area contributed by atoms with E-state index in [1.165, 1.54) is 11.3 Å². The van der Waals surface area contributed by atoms with Crippen molar-refractivity contribution in [3.8, 4) is 5.75 Å². The third-order valence-electron chi connectivity index (χ3n) is 3.63. The average Bonchev–Trinajstić information content (AvgIpc) is 3.08. The minimum Gasteiger partial charge on any atom is -0.497 e. The lowest BCUT2D eigenvalue weighted by Crippen LogP contribution is -2.29. The zero-order chi connectivity index (χ0) is 16.7. The summed E-state index contributed by atoms with van der Waals surface area (Å²) in [4.78, 5) is 16.7. The van der Waals surface area contributed by atoms with Gasteiger partial charge in [0.2, 0.25) is 0 Å². The molecule has 2 aromatic rings. The Hall–Kier alpha value is -1.63. The number of unbranched alkanes of at least 4 members (excludes halogenated alkanes) is 1. The molecule has 0 saturated heterocycles. The molecule has 0 aliphatic heterocycles. The van der Waals surface area contributed by atoms with Gasteiger partial charge in [-0.05, 0) is 24.1 Å². The summed E-state index contributed by atoms with van der Waals surface area (Å²) in [5, 5.41) is 5.60. The molecule has 3 N–H and O–H groups in total. The molecule has 1 aromatic carbocycles. The van der Waals surface area contributed by atoms with E-state index in [9.17, 15) is 4.79 Å². The number of benzene rings is 1. The number of halogens is 1. The van der Waals surface area contributed by atoms with Crippen LogP contribution >= 0.6 is 23.7 Å². The summed E-state index contributed by atoms with van der Waals surface area (Å²) in [5.41, 5.74) is 7.06. The minimum atomic E-state index is -0.155. The Bertz CT molecular complexity index is 631. The number of carbonyl (C=O) groups excluding carboxylic acids is 1. The fraction of sp³-hybridized carbons (Fsp3) is 0.412. The van der Waals surface area contributed by atoms with Crippen LogP contribution in [0.2, 0.25) is 0 Å². The number of methoxy groups -OCH3 is 1. The number of nitrogens with zero attached hydrogens (tertiary/aromatic N) is 1. The molecule has 1 unspecified atom stereocenters. The van der Waals surface area contributed by atoms with Gasteiger partial charge in [0.05, 0.1) is 13.2 Å². The highest BCUT2D eigenvalue weighted by molar-refractivity contribution is 7.09. The van der Waals surface area contributed by atoms with Crippen molar-refractivity contribution in [3.63, 3.8) is 0 Å². The highest BCUT2D eigenvalue weighted by Crippen LogP contribution is 2.23. The zero-order valence-electron chi connectivity index (χ0n) is 14.0. The molecule has 1 amide bonds. The molecule has 0 spiro atoms. The summed E-state index contributed by atoms with van der Waals surface area (Å²) >= 11 is 1.41. The van der Waals surface area contributed by atoms with Crippen LogP contribution in [0.3, 0.4) is 0 Å². The van der Waals surface area contributed by atoms with Crippen molar-refractivity contribution in [2.75, 3.05) is 7.11 Å². The number of aromatic nitrogens is 1. The maximum Gasteiger partial charge on any atom is 0.271 e. The second kappa shape index (κ2) is 10.3. The summed E-state index contributed by atoms with van der Waals surface area (Å²) in [6.45, 7) is 2.50. The Morgan fingerprint density at radius 2 is 2.08 bits per heavy atom. The normalized spacial score (nSPS) is 11.5. The third kappa shape index (κ3) is 5.47.